The van der Waals surface area contributed by atoms with Crippen LogP contribution < -0.4 is 5.43 Å². The lowest BCUT2D eigenvalue weighted by Crippen LogP contribution is -2.51. The van der Waals surface area contributed by atoms with E-state index in [9.17, 15) is 44.7 Å². The van der Waals surface area contributed by atoms with Crippen molar-refractivity contribution in [2.24, 2.45) is 0 Å². The zero-order valence-corrected chi connectivity index (χ0v) is 16.1. The molecule has 0 saturated heterocycles. The Balaban J connectivity index is 1.85. The first-order valence-electron chi connectivity index (χ1n) is 8.95. The minimum atomic E-state index is -1.13. The lowest BCUT2D eigenvalue weighted by Gasteiger charge is -2.26. The quantitative estimate of drug-likeness (QED) is 0.344. The molecule has 33 heavy (non-hydrogen) atoms. The number of rotatable bonds is 5. The number of imide groups is 1. The molecule has 1 aliphatic rings. The van der Waals surface area contributed by atoms with Gasteiger partial charge in [0.1, 0.15) is 10.9 Å². The van der Waals surface area contributed by atoms with Gasteiger partial charge in [0.25, 0.3) is 34.8 Å². The number of benzene rings is 3. The van der Waals surface area contributed by atoms with Crippen LogP contribution in [0.3, 0.4) is 0 Å². The van der Waals surface area contributed by atoms with E-state index >= 15 is 0 Å². The van der Waals surface area contributed by atoms with Crippen molar-refractivity contribution >= 4 is 45.6 Å². The van der Waals surface area contributed by atoms with Crippen LogP contribution in [0.4, 0.5) is 17.1 Å². The molecular weight excluding hydrogens is 442 g/mol. The van der Waals surface area contributed by atoms with Crippen molar-refractivity contribution in [2.75, 3.05) is 0 Å². The van der Waals surface area contributed by atoms with E-state index in [1.807, 2.05) is 5.43 Å². The number of amides is 3. The van der Waals surface area contributed by atoms with E-state index in [1.165, 1.54) is 12.1 Å². The fourth-order valence-corrected chi connectivity index (χ4v) is 3.54. The van der Waals surface area contributed by atoms with Gasteiger partial charge in [0.2, 0.25) is 0 Å². The Labute approximate surface area is 181 Å². The number of nitrogens with one attached hydrogen (secondary N) is 1. The van der Waals surface area contributed by atoms with Gasteiger partial charge in [-0.15, -0.1) is 0 Å². The molecule has 4 rings (SSSR count). The van der Waals surface area contributed by atoms with Gasteiger partial charge < -0.3 is 0 Å². The number of nitro groups is 3. The Bertz CT molecular complexity index is 1380. The average molecular weight is 451 g/mol. The van der Waals surface area contributed by atoms with Gasteiger partial charge in [0.15, 0.2) is 0 Å². The lowest BCUT2D eigenvalue weighted by molar-refractivity contribution is -0.390. The highest BCUT2D eigenvalue weighted by Crippen LogP contribution is 2.40. The molecule has 1 N–H and O–H groups in total. The third-order valence-electron chi connectivity index (χ3n) is 4.94. The number of hydrazine groups is 1. The molecule has 164 valence electrons. The highest BCUT2D eigenvalue weighted by atomic mass is 16.6. The van der Waals surface area contributed by atoms with E-state index in [0.29, 0.717) is 5.01 Å². The second kappa shape index (κ2) is 7.45. The zero-order valence-electron chi connectivity index (χ0n) is 16.1. The van der Waals surface area contributed by atoms with E-state index in [1.54, 1.807) is 0 Å². The van der Waals surface area contributed by atoms with Crippen LogP contribution in [0.1, 0.15) is 31.1 Å². The van der Waals surface area contributed by atoms with Crippen molar-refractivity contribution in [3.63, 3.8) is 0 Å². The molecule has 1 heterocycles. The summed E-state index contributed by atoms with van der Waals surface area (Å²) < 4.78 is 0. The summed E-state index contributed by atoms with van der Waals surface area (Å²) in [6.45, 7) is 0. The number of hydrogen-bond donors (Lipinski definition) is 1. The smallest absolute Gasteiger partial charge is 0.267 e. The number of nitro benzene ring substituents is 3. The molecule has 0 aliphatic carbocycles. The Morgan fingerprint density at radius 2 is 1.18 bits per heavy atom. The van der Waals surface area contributed by atoms with E-state index in [2.05, 4.69) is 0 Å². The van der Waals surface area contributed by atoms with Gasteiger partial charge >= 0.3 is 0 Å². The standard InChI is InChI=1S/C19H9N5O9/c25-17(9-3-1-2-4-12(9)22(28)29)20-21-18(26)10-5-7-13(23(30)31)16-14(24(32)33)8-6-11(15(10)16)19(21)27/h1-8H,(H,20,25). The first-order valence-corrected chi connectivity index (χ1v) is 8.95. The minimum Gasteiger partial charge on any atom is -0.267 e. The largest absolute Gasteiger partial charge is 0.284 e. The van der Waals surface area contributed by atoms with E-state index < -0.39 is 60.5 Å². The molecule has 0 radical (unpaired) electrons. The summed E-state index contributed by atoms with van der Waals surface area (Å²) in [5, 5.41) is 33.5. The molecule has 0 unspecified atom stereocenters. The molecule has 3 aromatic rings. The third kappa shape index (κ3) is 3.18. The summed E-state index contributed by atoms with van der Waals surface area (Å²) >= 11 is 0. The Kier molecular flexibility index (Phi) is 4.74. The highest BCUT2D eigenvalue weighted by molar-refractivity contribution is 6.28. The number of non-ortho nitro benzene ring substituents is 2. The molecule has 14 nitrogen and oxygen atoms in total. The lowest BCUT2D eigenvalue weighted by atomic mass is 9.92. The van der Waals surface area contributed by atoms with Gasteiger partial charge in [-0.3, -0.25) is 50.2 Å². The molecule has 0 atom stereocenters. The van der Waals surface area contributed by atoms with Crippen molar-refractivity contribution in [2.45, 2.75) is 0 Å². The number of para-hydroxylation sites is 1. The van der Waals surface area contributed by atoms with E-state index in [0.717, 1.165) is 36.4 Å². The predicted molar refractivity (Wildman–Crippen MR) is 108 cm³/mol. The van der Waals surface area contributed by atoms with Crippen LogP contribution in [0.25, 0.3) is 10.8 Å². The van der Waals surface area contributed by atoms with Gasteiger partial charge in [-0.2, -0.15) is 5.01 Å². The molecule has 0 bridgehead atoms. The fourth-order valence-electron chi connectivity index (χ4n) is 3.54. The maximum Gasteiger partial charge on any atom is 0.284 e. The van der Waals surface area contributed by atoms with Gasteiger partial charge in [-0.05, 0) is 18.2 Å². The maximum atomic E-state index is 13.0. The first-order chi connectivity index (χ1) is 15.6. The normalized spacial score (nSPS) is 12.5. The van der Waals surface area contributed by atoms with Crippen LogP contribution in [0, 0.1) is 30.3 Å². The monoisotopic (exact) mass is 451 g/mol. The van der Waals surface area contributed by atoms with E-state index in [4.69, 9.17) is 0 Å². The summed E-state index contributed by atoms with van der Waals surface area (Å²) in [4.78, 5) is 70.0. The van der Waals surface area contributed by atoms with Crippen LogP contribution in [-0.4, -0.2) is 37.5 Å². The molecule has 3 aromatic carbocycles. The van der Waals surface area contributed by atoms with Crippen LogP contribution in [0.5, 0.6) is 0 Å². The summed E-state index contributed by atoms with van der Waals surface area (Å²) in [5.74, 6) is -3.38. The van der Waals surface area contributed by atoms with Crippen LogP contribution >= 0.6 is 0 Å². The van der Waals surface area contributed by atoms with Crippen molar-refractivity contribution < 1.29 is 29.2 Å². The second-order valence-corrected chi connectivity index (χ2v) is 6.69. The average Bonchev–Trinajstić information content (AvgIpc) is 2.78. The van der Waals surface area contributed by atoms with Crippen molar-refractivity contribution in [1.29, 1.82) is 0 Å². The topological polar surface area (TPSA) is 196 Å². The van der Waals surface area contributed by atoms with Crippen molar-refractivity contribution in [3.8, 4) is 0 Å². The molecule has 0 spiro atoms. The van der Waals surface area contributed by atoms with Gasteiger partial charge in [-0.25, -0.2) is 0 Å². The number of hydrogen-bond acceptors (Lipinski definition) is 9. The Morgan fingerprint density at radius 1 is 0.697 bits per heavy atom. The summed E-state index contributed by atoms with van der Waals surface area (Å²) in [7, 11) is 0. The SMILES string of the molecule is O=C(NN1C(=O)c2ccc([N+](=O)[O-])c3c([N+](=O)[O-])ccc(c23)C1=O)c1ccccc1[N+](=O)[O-]. The third-order valence-corrected chi connectivity index (χ3v) is 4.94. The van der Waals surface area contributed by atoms with Crippen LogP contribution in [0.15, 0.2) is 48.5 Å². The summed E-state index contributed by atoms with van der Waals surface area (Å²) in [6.07, 6.45) is 0. The van der Waals surface area contributed by atoms with Crippen molar-refractivity contribution in [3.05, 3.63) is 95.6 Å². The van der Waals surface area contributed by atoms with Gasteiger partial charge in [0, 0.05) is 23.6 Å². The van der Waals surface area contributed by atoms with Crippen LogP contribution in [0.2, 0.25) is 0 Å². The molecule has 0 saturated carbocycles. The first kappa shape index (κ1) is 21.0. The minimum absolute atomic E-state index is 0.299. The predicted octanol–water partition coefficient (Wildman–Crippen LogP) is 2.51. The summed E-state index contributed by atoms with van der Waals surface area (Å²) in [5.41, 5.74) is -0.959. The van der Waals surface area contributed by atoms with E-state index in [-0.39, 0.29) is 16.5 Å². The van der Waals surface area contributed by atoms with Crippen molar-refractivity contribution in [1.82, 2.24) is 10.4 Å². The van der Waals surface area contributed by atoms with Crippen LogP contribution in [-0.2, 0) is 0 Å². The Hall–Kier alpha value is -5.27. The molecular formula is C19H9N5O9. The zero-order chi connectivity index (χ0) is 24.0. The molecule has 3 amide bonds. The summed E-state index contributed by atoms with van der Waals surface area (Å²) in [6, 6.07) is 8.61. The number of carbonyl (C=O) groups is 3. The van der Waals surface area contributed by atoms with Gasteiger partial charge in [-0.1, -0.05) is 12.1 Å². The fraction of sp³-hybridized carbons (Fsp3) is 0. The highest BCUT2D eigenvalue weighted by Gasteiger charge is 2.39. The molecule has 1 aliphatic heterocycles. The maximum absolute atomic E-state index is 13.0. The molecule has 0 aromatic heterocycles. The number of carbonyl (C=O) groups excluding carboxylic acids is 3. The molecule has 14 heteroatoms. The second-order valence-electron chi connectivity index (χ2n) is 6.69. The molecule has 0 fully saturated rings. The number of nitrogens with zero attached hydrogens (tertiary/aromatic N) is 4. The Morgan fingerprint density at radius 3 is 1.67 bits per heavy atom. The van der Waals surface area contributed by atoms with Gasteiger partial charge in [0.05, 0.1) is 25.9 Å².